The van der Waals surface area contributed by atoms with Gasteiger partial charge in [-0.3, -0.25) is 4.79 Å². The molecule has 21 heavy (non-hydrogen) atoms. The number of aryl methyl sites for hydroxylation is 1. The molecular formula is C15H19N3O2S. The molecule has 2 atom stereocenters. The molecule has 2 aliphatic rings. The van der Waals surface area contributed by atoms with Crippen LogP contribution < -0.4 is 10.6 Å². The molecule has 2 unspecified atom stereocenters. The number of likely N-dealkylation sites (N-methyl/N-ethyl adjacent to an activating group) is 1. The topological polar surface area (TPSA) is 74.2 Å². The zero-order valence-electron chi connectivity index (χ0n) is 12.1. The van der Waals surface area contributed by atoms with Crippen molar-refractivity contribution in [3.8, 4) is 6.07 Å². The number of anilines is 1. The zero-order chi connectivity index (χ0) is 14.8. The van der Waals surface area contributed by atoms with Gasteiger partial charge in [-0.15, -0.1) is 11.3 Å². The van der Waals surface area contributed by atoms with Crippen LogP contribution in [0.1, 0.15) is 29.3 Å². The molecule has 2 heterocycles. The van der Waals surface area contributed by atoms with E-state index in [1.807, 2.05) is 6.92 Å². The van der Waals surface area contributed by atoms with Crippen molar-refractivity contribution >= 4 is 22.2 Å². The van der Waals surface area contributed by atoms with Crippen molar-refractivity contribution in [1.82, 2.24) is 5.32 Å². The lowest BCUT2D eigenvalue weighted by molar-refractivity contribution is -0.120. The fourth-order valence-electron chi connectivity index (χ4n) is 3.09. The van der Waals surface area contributed by atoms with Crippen LogP contribution in [0.25, 0.3) is 0 Å². The molecule has 5 nitrogen and oxygen atoms in total. The summed E-state index contributed by atoms with van der Waals surface area (Å²) < 4.78 is 5.41. The Hall–Kier alpha value is -1.42. The molecule has 1 fully saturated rings. The Labute approximate surface area is 128 Å². The zero-order valence-corrected chi connectivity index (χ0v) is 12.9. The van der Waals surface area contributed by atoms with Crippen LogP contribution >= 0.6 is 11.3 Å². The van der Waals surface area contributed by atoms with Crippen molar-refractivity contribution in [2.45, 2.75) is 32.2 Å². The molecule has 1 aliphatic carbocycles. The first-order valence-electron chi connectivity index (χ1n) is 7.41. The summed E-state index contributed by atoms with van der Waals surface area (Å²) in [4.78, 5) is 13.7. The number of nitrogens with zero attached hydrogens (tertiary/aromatic N) is 1. The second-order valence-corrected chi connectivity index (χ2v) is 6.58. The predicted octanol–water partition coefficient (Wildman–Crippen LogP) is 1.67. The van der Waals surface area contributed by atoms with Crippen molar-refractivity contribution in [3.05, 3.63) is 16.0 Å². The molecule has 112 valence electrons. The summed E-state index contributed by atoms with van der Waals surface area (Å²) in [5.41, 5.74) is 1.81. The quantitative estimate of drug-likeness (QED) is 0.887. The van der Waals surface area contributed by atoms with Gasteiger partial charge >= 0.3 is 0 Å². The van der Waals surface area contributed by atoms with Crippen LogP contribution in [0.4, 0.5) is 5.00 Å². The number of amides is 1. The number of thiophene rings is 1. The Morgan fingerprint density at radius 2 is 2.33 bits per heavy atom. The molecule has 1 saturated heterocycles. The maximum atomic E-state index is 12.5. The largest absolute Gasteiger partial charge is 0.379 e. The number of nitrogens with one attached hydrogen (secondary N) is 2. The normalized spacial score (nSPS) is 23.8. The number of rotatable bonds is 4. The van der Waals surface area contributed by atoms with Gasteiger partial charge in [-0.25, -0.2) is 0 Å². The lowest BCUT2D eigenvalue weighted by Crippen LogP contribution is -2.41. The van der Waals surface area contributed by atoms with Crippen molar-refractivity contribution in [2.75, 3.05) is 25.1 Å². The lowest BCUT2D eigenvalue weighted by atomic mass is 10.0. The molecule has 1 aromatic rings. The summed E-state index contributed by atoms with van der Waals surface area (Å²) in [6.45, 7) is 3.84. The number of ether oxygens (including phenoxy) is 1. The van der Waals surface area contributed by atoms with E-state index < -0.39 is 0 Å². The molecule has 1 amide bonds. The number of carbonyl (C=O) groups is 1. The molecule has 2 N–H and O–H groups in total. The molecular weight excluding hydrogens is 286 g/mol. The van der Waals surface area contributed by atoms with Gasteiger partial charge in [-0.2, -0.15) is 5.26 Å². The van der Waals surface area contributed by atoms with E-state index in [1.54, 1.807) is 11.3 Å². The van der Waals surface area contributed by atoms with E-state index in [0.717, 1.165) is 31.4 Å². The van der Waals surface area contributed by atoms with E-state index in [4.69, 9.17) is 4.74 Å². The van der Waals surface area contributed by atoms with Gasteiger partial charge < -0.3 is 15.4 Å². The molecule has 0 radical (unpaired) electrons. The average molecular weight is 305 g/mol. The average Bonchev–Trinajstić information content (AvgIpc) is 3.14. The highest BCUT2D eigenvalue weighted by Crippen LogP contribution is 2.38. The van der Waals surface area contributed by atoms with E-state index in [9.17, 15) is 10.1 Å². The van der Waals surface area contributed by atoms with Crippen LogP contribution in [-0.4, -0.2) is 31.7 Å². The molecule has 3 rings (SSSR count). The molecule has 6 heteroatoms. The minimum Gasteiger partial charge on any atom is -0.379 e. The Bertz CT molecular complexity index is 590. The summed E-state index contributed by atoms with van der Waals surface area (Å²) in [6.07, 6.45) is 3.09. The highest BCUT2D eigenvalue weighted by molar-refractivity contribution is 7.16. The third kappa shape index (κ3) is 2.69. The summed E-state index contributed by atoms with van der Waals surface area (Å²) in [5.74, 6) is -0.233. The Morgan fingerprint density at radius 1 is 1.48 bits per heavy atom. The van der Waals surface area contributed by atoms with Crippen LogP contribution in [-0.2, 0) is 22.4 Å². The third-order valence-corrected chi connectivity index (χ3v) is 5.36. The van der Waals surface area contributed by atoms with Crippen LogP contribution in [0.3, 0.4) is 0 Å². The van der Waals surface area contributed by atoms with Gasteiger partial charge in [0.15, 0.2) is 0 Å². The van der Waals surface area contributed by atoms with E-state index in [0.29, 0.717) is 23.8 Å². The highest BCUT2D eigenvalue weighted by Gasteiger charge is 2.34. The lowest BCUT2D eigenvalue weighted by Gasteiger charge is -2.17. The standard InChI is InChI=1S/C15H19N3O2S/c1-2-17-12-8-20-7-11(12)14(19)18-15-10(6-16)9-4-3-5-13(9)21-15/h11-12,17H,2-5,7-8H2,1H3,(H,18,19). The monoisotopic (exact) mass is 305 g/mol. The minimum atomic E-state index is -0.187. The maximum absolute atomic E-state index is 12.5. The summed E-state index contributed by atoms with van der Waals surface area (Å²) in [6, 6.07) is 2.32. The number of fused-ring (bicyclic) bond motifs is 1. The van der Waals surface area contributed by atoms with E-state index in [-0.39, 0.29) is 17.9 Å². The van der Waals surface area contributed by atoms with Crippen molar-refractivity contribution < 1.29 is 9.53 Å². The number of hydrogen-bond acceptors (Lipinski definition) is 5. The van der Waals surface area contributed by atoms with Crippen molar-refractivity contribution in [2.24, 2.45) is 5.92 Å². The number of nitriles is 1. The van der Waals surface area contributed by atoms with Crippen LogP contribution in [0.2, 0.25) is 0 Å². The van der Waals surface area contributed by atoms with E-state index in [1.165, 1.54) is 4.88 Å². The Balaban J connectivity index is 1.75. The van der Waals surface area contributed by atoms with Gasteiger partial charge in [-0.05, 0) is 31.4 Å². The third-order valence-electron chi connectivity index (χ3n) is 4.15. The second kappa shape index (κ2) is 6.14. The van der Waals surface area contributed by atoms with E-state index in [2.05, 4.69) is 16.7 Å². The summed E-state index contributed by atoms with van der Waals surface area (Å²) >= 11 is 1.56. The maximum Gasteiger partial charge on any atom is 0.232 e. The number of carbonyl (C=O) groups excluding carboxylic acids is 1. The first-order valence-corrected chi connectivity index (χ1v) is 8.22. The molecule has 0 spiro atoms. The Morgan fingerprint density at radius 3 is 3.10 bits per heavy atom. The minimum absolute atomic E-state index is 0.0464. The van der Waals surface area contributed by atoms with Crippen LogP contribution in [0.5, 0.6) is 0 Å². The molecule has 0 bridgehead atoms. The second-order valence-electron chi connectivity index (χ2n) is 5.47. The predicted molar refractivity (Wildman–Crippen MR) is 81.5 cm³/mol. The molecule has 1 aromatic heterocycles. The van der Waals surface area contributed by atoms with Gasteiger partial charge in [0.2, 0.25) is 5.91 Å². The molecule has 1 aliphatic heterocycles. The van der Waals surface area contributed by atoms with Gasteiger partial charge in [0.1, 0.15) is 11.1 Å². The van der Waals surface area contributed by atoms with E-state index >= 15 is 0 Å². The van der Waals surface area contributed by atoms with Gasteiger partial charge in [0, 0.05) is 10.9 Å². The SMILES string of the molecule is CCNC1COCC1C(=O)Nc1sc2c(c1C#N)CCC2. The molecule has 0 saturated carbocycles. The van der Waals surface area contributed by atoms with Crippen molar-refractivity contribution in [3.63, 3.8) is 0 Å². The van der Waals surface area contributed by atoms with Gasteiger partial charge in [-0.1, -0.05) is 6.92 Å². The summed E-state index contributed by atoms with van der Waals surface area (Å²) in [5, 5.41) is 16.3. The van der Waals surface area contributed by atoms with Gasteiger partial charge in [0.05, 0.1) is 24.7 Å². The first-order chi connectivity index (χ1) is 10.2. The van der Waals surface area contributed by atoms with Gasteiger partial charge in [0.25, 0.3) is 0 Å². The fraction of sp³-hybridized carbons (Fsp3) is 0.600. The Kier molecular flexibility index (Phi) is 4.24. The highest BCUT2D eigenvalue weighted by atomic mass is 32.1. The van der Waals surface area contributed by atoms with Crippen LogP contribution in [0, 0.1) is 17.2 Å². The fourth-order valence-corrected chi connectivity index (χ4v) is 4.33. The number of hydrogen-bond donors (Lipinski definition) is 2. The smallest absolute Gasteiger partial charge is 0.232 e. The van der Waals surface area contributed by atoms with Crippen LogP contribution in [0.15, 0.2) is 0 Å². The molecule has 0 aromatic carbocycles. The van der Waals surface area contributed by atoms with Crippen molar-refractivity contribution in [1.29, 1.82) is 5.26 Å². The first kappa shape index (κ1) is 14.5. The summed E-state index contributed by atoms with van der Waals surface area (Å²) in [7, 11) is 0.